The van der Waals surface area contributed by atoms with Crippen molar-refractivity contribution >= 4 is 23.1 Å². The molecule has 0 saturated carbocycles. The largest absolute Gasteiger partial charge is 0.394 e. The second-order valence-corrected chi connectivity index (χ2v) is 4.19. The van der Waals surface area contributed by atoms with E-state index in [1.807, 2.05) is 0 Å². The third-order valence-corrected chi connectivity index (χ3v) is 2.26. The van der Waals surface area contributed by atoms with Crippen LogP contribution in [0, 0.1) is 6.92 Å². The number of aliphatic hydroxyl groups is 2. The number of nitrogens with two attached hydrogens (primary N) is 1. The summed E-state index contributed by atoms with van der Waals surface area (Å²) in [5.74, 6) is 0.353. The van der Waals surface area contributed by atoms with Crippen molar-refractivity contribution in [1.29, 1.82) is 0 Å². The molecule has 7 heteroatoms. The quantitative estimate of drug-likeness (QED) is 0.565. The van der Waals surface area contributed by atoms with Gasteiger partial charge in [-0.3, -0.25) is 0 Å². The molecule has 1 rings (SSSR count). The zero-order chi connectivity index (χ0) is 12.3. The number of halogens is 1. The molecule has 0 saturated heterocycles. The number of hydrogen-bond donors (Lipinski definition) is 4. The first-order valence-corrected chi connectivity index (χ1v) is 5.10. The Balaban J connectivity index is 2.82. The number of aromatic nitrogens is 2. The first kappa shape index (κ1) is 13.0. The topological polar surface area (TPSA) is 104 Å². The molecule has 90 valence electrons. The summed E-state index contributed by atoms with van der Waals surface area (Å²) in [7, 11) is 0. The van der Waals surface area contributed by atoms with Gasteiger partial charge in [0.15, 0.2) is 5.82 Å². The number of nitrogens with zero attached hydrogens (tertiary/aromatic N) is 2. The third kappa shape index (κ3) is 3.19. The molecule has 0 radical (unpaired) electrons. The van der Waals surface area contributed by atoms with Gasteiger partial charge in [-0.25, -0.2) is 4.98 Å². The van der Waals surface area contributed by atoms with E-state index in [2.05, 4.69) is 15.3 Å². The smallest absolute Gasteiger partial charge is 0.224 e. The van der Waals surface area contributed by atoms with Crippen molar-refractivity contribution in [2.24, 2.45) is 0 Å². The Labute approximate surface area is 98.5 Å². The highest BCUT2D eigenvalue weighted by Crippen LogP contribution is 2.21. The monoisotopic (exact) mass is 246 g/mol. The Morgan fingerprint density at radius 3 is 2.69 bits per heavy atom. The molecule has 0 aliphatic carbocycles. The van der Waals surface area contributed by atoms with E-state index < -0.39 is 5.60 Å². The van der Waals surface area contributed by atoms with E-state index in [4.69, 9.17) is 22.4 Å². The van der Waals surface area contributed by atoms with Gasteiger partial charge in [-0.05, 0) is 25.4 Å². The number of anilines is 2. The molecule has 0 spiro atoms. The fourth-order valence-corrected chi connectivity index (χ4v) is 1.22. The van der Waals surface area contributed by atoms with E-state index in [9.17, 15) is 5.11 Å². The van der Waals surface area contributed by atoms with Crippen molar-refractivity contribution in [3.63, 3.8) is 0 Å². The Morgan fingerprint density at radius 2 is 2.12 bits per heavy atom. The summed E-state index contributed by atoms with van der Waals surface area (Å²) >= 11 is 5.68. The molecule has 1 aromatic heterocycles. The highest BCUT2D eigenvalue weighted by molar-refractivity contribution is 6.28. The molecule has 0 bridgehead atoms. The van der Waals surface area contributed by atoms with E-state index in [0.717, 1.165) is 0 Å². The minimum absolute atomic E-state index is 0.0813. The van der Waals surface area contributed by atoms with E-state index in [1.54, 1.807) is 6.92 Å². The van der Waals surface area contributed by atoms with Crippen LogP contribution in [0.15, 0.2) is 0 Å². The van der Waals surface area contributed by atoms with Crippen LogP contribution in [-0.2, 0) is 0 Å². The molecule has 1 unspecified atom stereocenters. The van der Waals surface area contributed by atoms with Crippen molar-refractivity contribution in [3.05, 3.63) is 11.0 Å². The fourth-order valence-electron chi connectivity index (χ4n) is 1.01. The SMILES string of the molecule is Cc1nc(Cl)nc(NCC(C)(O)CO)c1N. The molecule has 0 aliphatic rings. The van der Waals surface area contributed by atoms with Gasteiger partial charge in [0.25, 0.3) is 0 Å². The number of aryl methyl sites for hydroxylation is 1. The lowest BCUT2D eigenvalue weighted by molar-refractivity contribution is 0.0132. The van der Waals surface area contributed by atoms with Crippen LogP contribution in [0.4, 0.5) is 11.5 Å². The lowest BCUT2D eigenvalue weighted by Crippen LogP contribution is -2.37. The molecule has 1 atom stereocenters. The van der Waals surface area contributed by atoms with Gasteiger partial charge >= 0.3 is 0 Å². The van der Waals surface area contributed by atoms with Crippen LogP contribution in [0.3, 0.4) is 0 Å². The molecule has 16 heavy (non-hydrogen) atoms. The first-order valence-electron chi connectivity index (χ1n) is 4.72. The van der Waals surface area contributed by atoms with Gasteiger partial charge in [0, 0.05) is 6.54 Å². The summed E-state index contributed by atoms with van der Waals surface area (Å²) in [5.41, 5.74) is 5.43. The van der Waals surface area contributed by atoms with Gasteiger partial charge in [-0.2, -0.15) is 4.98 Å². The van der Waals surface area contributed by atoms with Crippen LogP contribution in [0.1, 0.15) is 12.6 Å². The average Bonchev–Trinajstić information content (AvgIpc) is 2.21. The maximum atomic E-state index is 9.58. The van der Waals surface area contributed by atoms with E-state index >= 15 is 0 Å². The van der Waals surface area contributed by atoms with Gasteiger partial charge in [0.05, 0.1) is 18.0 Å². The molecule has 0 amide bonds. The summed E-state index contributed by atoms with van der Waals surface area (Å²) < 4.78 is 0. The zero-order valence-corrected chi connectivity index (χ0v) is 9.91. The number of nitrogen functional groups attached to an aromatic ring is 1. The normalized spacial score (nSPS) is 14.6. The Kier molecular flexibility index (Phi) is 3.90. The molecule has 5 N–H and O–H groups in total. The first-order chi connectivity index (χ1) is 7.35. The molecule has 6 nitrogen and oxygen atoms in total. The van der Waals surface area contributed by atoms with Gasteiger partial charge in [0.2, 0.25) is 5.28 Å². The predicted molar refractivity (Wildman–Crippen MR) is 62.4 cm³/mol. The van der Waals surface area contributed by atoms with Crippen LogP contribution in [0.2, 0.25) is 5.28 Å². The van der Waals surface area contributed by atoms with E-state index in [-0.39, 0.29) is 18.4 Å². The second-order valence-electron chi connectivity index (χ2n) is 3.85. The lowest BCUT2D eigenvalue weighted by Gasteiger charge is -2.21. The van der Waals surface area contributed by atoms with Crippen molar-refractivity contribution < 1.29 is 10.2 Å². The fraction of sp³-hybridized carbons (Fsp3) is 0.556. The van der Waals surface area contributed by atoms with Crippen molar-refractivity contribution in [2.45, 2.75) is 19.4 Å². The van der Waals surface area contributed by atoms with Crippen molar-refractivity contribution in [3.8, 4) is 0 Å². The van der Waals surface area contributed by atoms with Crippen LogP contribution in [0.25, 0.3) is 0 Å². The molecule has 0 aliphatic heterocycles. The minimum Gasteiger partial charge on any atom is -0.394 e. The van der Waals surface area contributed by atoms with Gasteiger partial charge in [0.1, 0.15) is 5.60 Å². The van der Waals surface area contributed by atoms with Crippen LogP contribution < -0.4 is 11.1 Å². The molecular formula is C9H15ClN4O2. The van der Waals surface area contributed by atoms with Crippen LogP contribution in [-0.4, -0.2) is 38.9 Å². The molecular weight excluding hydrogens is 232 g/mol. The average molecular weight is 247 g/mol. The Hall–Kier alpha value is -1.11. The van der Waals surface area contributed by atoms with E-state index in [1.165, 1.54) is 6.92 Å². The second kappa shape index (κ2) is 4.82. The summed E-state index contributed by atoms with van der Waals surface area (Å²) in [6.45, 7) is 2.95. The standard InChI is InChI=1S/C9H15ClN4O2/c1-5-6(11)7(14-8(10)13-5)12-3-9(2,16)4-15/h15-16H,3-4,11H2,1-2H3,(H,12,13,14). The summed E-state index contributed by atoms with van der Waals surface area (Å²) in [6.07, 6.45) is 0. The third-order valence-electron chi connectivity index (χ3n) is 2.09. The highest BCUT2D eigenvalue weighted by Gasteiger charge is 2.19. The minimum atomic E-state index is -1.24. The molecule has 0 aromatic carbocycles. The van der Waals surface area contributed by atoms with Gasteiger partial charge < -0.3 is 21.3 Å². The highest BCUT2D eigenvalue weighted by atomic mass is 35.5. The van der Waals surface area contributed by atoms with Crippen LogP contribution >= 0.6 is 11.6 Å². The number of rotatable bonds is 4. The van der Waals surface area contributed by atoms with Crippen LogP contribution in [0.5, 0.6) is 0 Å². The zero-order valence-electron chi connectivity index (χ0n) is 9.16. The maximum absolute atomic E-state index is 9.58. The Bertz CT molecular complexity index is 384. The summed E-state index contributed by atoms with van der Waals surface area (Å²) in [6, 6.07) is 0. The van der Waals surface area contributed by atoms with Gasteiger partial charge in [-0.15, -0.1) is 0 Å². The van der Waals surface area contributed by atoms with E-state index in [0.29, 0.717) is 17.2 Å². The number of aliphatic hydroxyl groups excluding tert-OH is 1. The summed E-state index contributed by atoms with van der Waals surface area (Å²) in [5, 5.41) is 21.4. The maximum Gasteiger partial charge on any atom is 0.224 e. The Morgan fingerprint density at radius 1 is 1.50 bits per heavy atom. The summed E-state index contributed by atoms with van der Waals surface area (Å²) in [4.78, 5) is 7.77. The molecule has 0 fully saturated rings. The number of nitrogens with one attached hydrogen (secondary N) is 1. The van der Waals surface area contributed by atoms with Crippen molar-refractivity contribution in [2.75, 3.05) is 24.2 Å². The lowest BCUT2D eigenvalue weighted by atomic mass is 10.1. The van der Waals surface area contributed by atoms with Crippen molar-refractivity contribution in [1.82, 2.24) is 9.97 Å². The predicted octanol–water partition coefficient (Wildman–Crippen LogP) is 0.176. The number of hydrogen-bond acceptors (Lipinski definition) is 6. The molecule has 1 heterocycles. The van der Waals surface area contributed by atoms with Gasteiger partial charge in [-0.1, -0.05) is 0 Å². The molecule has 1 aromatic rings.